The fraction of sp³-hybridized carbons (Fsp3) is 0.0769. The quantitative estimate of drug-likeness (QED) is 0.692. The van der Waals surface area contributed by atoms with Crippen molar-refractivity contribution in [3.63, 3.8) is 0 Å². The molecule has 0 unspecified atom stereocenters. The van der Waals surface area contributed by atoms with Gasteiger partial charge in [0.1, 0.15) is 18.1 Å². The average molecular weight is 280 g/mol. The maximum absolute atomic E-state index is 13.5. The molecule has 1 aromatic carbocycles. The minimum Gasteiger partial charge on any atom is -0.481 e. The minimum atomic E-state index is -0.531. The van der Waals surface area contributed by atoms with Gasteiger partial charge >= 0.3 is 0 Å². The molecule has 2 aromatic rings. The summed E-state index contributed by atoms with van der Waals surface area (Å²) in [5.74, 6) is 2.44. The second-order valence-electron chi connectivity index (χ2n) is 3.35. The van der Waals surface area contributed by atoms with Gasteiger partial charge in [0.2, 0.25) is 5.28 Å². The van der Waals surface area contributed by atoms with Crippen molar-refractivity contribution in [2.24, 2.45) is 0 Å². The van der Waals surface area contributed by atoms with E-state index < -0.39 is 5.82 Å². The number of terminal acetylenes is 1. The first-order valence-corrected chi connectivity index (χ1v) is 5.43. The number of hydrogen-bond acceptors (Lipinski definition) is 4. The molecule has 1 aromatic heterocycles. The Kier molecular flexibility index (Phi) is 5.24. The second kappa shape index (κ2) is 6.69. The molecule has 3 N–H and O–H groups in total. The molecule has 4 nitrogen and oxygen atoms in total. The Balaban J connectivity index is 0.00000180. The molecule has 6 heteroatoms. The molecule has 0 saturated carbocycles. The summed E-state index contributed by atoms with van der Waals surface area (Å²) in [7, 11) is 0. The van der Waals surface area contributed by atoms with Gasteiger partial charge in [0.15, 0.2) is 5.82 Å². The van der Waals surface area contributed by atoms with E-state index in [0.717, 1.165) is 6.20 Å². The van der Waals surface area contributed by atoms with E-state index in [0.29, 0.717) is 11.3 Å². The summed E-state index contributed by atoms with van der Waals surface area (Å²) >= 11 is 5.63. The van der Waals surface area contributed by atoms with Crippen LogP contribution in [0, 0.1) is 18.2 Å². The molecule has 98 valence electrons. The monoisotopic (exact) mass is 279 g/mol. The number of halogens is 2. The summed E-state index contributed by atoms with van der Waals surface area (Å²) in [4.78, 5) is 7.40. The Morgan fingerprint density at radius 2 is 2.00 bits per heavy atom. The maximum Gasteiger partial charge on any atom is 0.223 e. The van der Waals surface area contributed by atoms with Gasteiger partial charge < -0.3 is 10.9 Å². The van der Waals surface area contributed by atoms with Crippen LogP contribution in [0.2, 0.25) is 5.28 Å². The van der Waals surface area contributed by atoms with E-state index in [1.54, 1.807) is 24.3 Å². The highest BCUT2D eigenvalue weighted by Gasteiger charge is 2.08. The van der Waals surface area contributed by atoms with Crippen LogP contribution in [0.3, 0.4) is 0 Å². The van der Waals surface area contributed by atoms with Crippen molar-refractivity contribution in [3.8, 4) is 29.4 Å². The number of benzene rings is 1. The van der Waals surface area contributed by atoms with Crippen molar-refractivity contribution < 1.29 is 9.13 Å². The van der Waals surface area contributed by atoms with Crippen LogP contribution in [0.15, 0.2) is 30.5 Å². The first kappa shape index (κ1) is 14.9. The zero-order valence-electron chi connectivity index (χ0n) is 9.94. The minimum absolute atomic E-state index is 0. The molecule has 0 aliphatic carbocycles. The number of hydrogen-bond donors (Lipinski definition) is 1. The molecular formula is C13H11ClFN3O. The van der Waals surface area contributed by atoms with Crippen LogP contribution in [0.1, 0.15) is 0 Å². The van der Waals surface area contributed by atoms with E-state index in [1.807, 2.05) is 0 Å². The van der Waals surface area contributed by atoms with E-state index in [9.17, 15) is 4.39 Å². The highest BCUT2D eigenvalue weighted by Crippen LogP contribution is 2.23. The Morgan fingerprint density at radius 1 is 1.32 bits per heavy atom. The third-order valence-electron chi connectivity index (χ3n) is 2.16. The van der Waals surface area contributed by atoms with Crippen molar-refractivity contribution in [2.45, 2.75) is 0 Å². The first-order chi connectivity index (χ1) is 8.70. The van der Waals surface area contributed by atoms with Gasteiger partial charge in [0.05, 0.1) is 6.20 Å². The number of nitrogens with zero attached hydrogens (tertiary/aromatic N) is 2. The van der Waals surface area contributed by atoms with Gasteiger partial charge in [-0.25, -0.2) is 14.4 Å². The number of ether oxygens (including phenoxy) is 1. The molecule has 1 heterocycles. The van der Waals surface area contributed by atoms with Gasteiger partial charge in [0, 0.05) is 5.56 Å². The molecular weight excluding hydrogens is 269 g/mol. The third kappa shape index (κ3) is 3.65. The molecule has 0 amide bonds. The third-order valence-corrected chi connectivity index (χ3v) is 2.35. The summed E-state index contributed by atoms with van der Waals surface area (Å²) < 4.78 is 18.7. The fourth-order valence-corrected chi connectivity index (χ4v) is 1.52. The molecule has 0 saturated heterocycles. The Morgan fingerprint density at radius 3 is 2.63 bits per heavy atom. The summed E-state index contributed by atoms with van der Waals surface area (Å²) in [5, 5.41) is -0.000872. The van der Waals surface area contributed by atoms with Crippen molar-refractivity contribution in [3.05, 3.63) is 41.6 Å². The lowest BCUT2D eigenvalue weighted by atomic mass is 10.1. The van der Waals surface area contributed by atoms with Crippen LogP contribution in [-0.2, 0) is 0 Å². The predicted molar refractivity (Wildman–Crippen MR) is 71.8 cm³/mol. The van der Waals surface area contributed by atoms with E-state index >= 15 is 0 Å². The van der Waals surface area contributed by atoms with Gasteiger partial charge in [-0.3, -0.25) is 0 Å². The molecule has 0 bridgehead atoms. The highest BCUT2D eigenvalue weighted by molar-refractivity contribution is 6.28. The van der Waals surface area contributed by atoms with E-state index in [4.69, 9.17) is 22.8 Å². The van der Waals surface area contributed by atoms with Crippen LogP contribution < -0.4 is 10.9 Å². The summed E-state index contributed by atoms with van der Waals surface area (Å²) in [6.45, 7) is 0.188. The van der Waals surface area contributed by atoms with Crippen molar-refractivity contribution in [2.75, 3.05) is 6.61 Å². The normalized spacial score (nSPS) is 9.32. The van der Waals surface area contributed by atoms with Gasteiger partial charge in [-0.05, 0) is 35.9 Å². The van der Waals surface area contributed by atoms with Crippen LogP contribution in [0.4, 0.5) is 4.39 Å². The van der Waals surface area contributed by atoms with E-state index in [2.05, 4.69) is 15.9 Å². The molecule has 2 rings (SSSR count). The van der Waals surface area contributed by atoms with Gasteiger partial charge in [-0.1, -0.05) is 5.92 Å². The van der Waals surface area contributed by atoms with Gasteiger partial charge in [-0.2, -0.15) is 0 Å². The van der Waals surface area contributed by atoms with Gasteiger partial charge in [-0.15, -0.1) is 6.42 Å². The van der Waals surface area contributed by atoms with Crippen molar-refractivity contribution in [1.82, 2.24) is 16.1 Å². The lowest BCUT2D eigenvalue weighted by Gasteiger charge is -2.05. The van der Waals surface area contributed by atoms with Gasteiger partial charge in [0.25, 0.3) is 0 Å². The zero-order chi connectivity index (χ0) is 13.0. The molecule has 0 aliphatic heterocycles. The van der Waals surface area contributed by atoms with E-state index in [1.165, 1.54) is 0 Å². The zero-order valence-corrected chi connectivity index (χ0v) is 10.7. The lowest BCUT2D eigenvalue weighted by molar-refractivity contribution is 0.370. The Hall–Kier alpha value is -2.16. The van der Waals surface area contributed by atoms with Crippen LogP contribution >= 0.6 is 11.6 Å². The van der Waals surface area contributed by atoms with E-state index in [-0.39, 0.29) is 23.7 Å². The Labute approximate surface area is 115 Å². The molecule has 0 radical (unpaired) electrons. The topological polar surface area (TPSA) is 70.0 Å². The molecule has 0 spiro atoms. The largest absolute Gasteiger partial charge is 0.481 e. The molecule has 19 heavy (non-hydrogen) atoms. The molecule has 0 aliphatic rings. The smallest absolute Gasteiger partial charge is 0.223 e. The van der Waals surface area contributed by atoms with Crippen molar-refractivity contribution >= 4 is 11.6 Å². The predicted octanol–water partition coefficient (Wildman–Crippen LogP) is 3.11. The molecule has 0 fully saturated rings. The summed E-state index contributed by atoms with van der Waals surface area (Å²) in [6.07, 6.45) is 6.11. The van der Waals surface area contributed by atoms with Crippen LogP contribution in [0.25, 0.3) is 11.3 Å². The maximum atomic E-state index is 13.5. The average Bonchev–Trinajstić information content (AvgIpc) is 2.40. The molecule has 0 atom stereocenters. The van der Waals surface area contributed by atoms with Crippen molar-refractivity contribution in [1.29, 1.82) is 0 Å². The lowest BCUT2D eigenvalue weighted by Crippen LogP contribution is -1.95. The highest BCUT2D eigenvalue weighted by atomic mass is 35.5. The Bertz CT molecular complexity index is 596. The van der Waals surface area contributed by atoms with Crippen LogP contribution in [-0.4, -0.2) is 16.6 Å². The van der Waals surface area contributed by atoms with Crippen LogP contribution in [0.5, 0.6) is 5.75 Å². The SMILES string of the molecule is C#CCOc1ccc(-c2nc(Cl)ncc2F)cc1.N. The fourth-order valence-electron chi connectivity index (χ4n) is 1.38. The first-order valence-electron chi connectivity index (χ1n) is 5.05. The summed E-state index contributed by atoms with van der Waals surface area (Å²) in [5.41, 5.74) is 0.739. The number of rotatable bonds is 3. The second-order valence-corrected chi connectivity index (χ2v) is 3.69. The number of aromatic nitrogens is 2. The summed E-state index contributed by atoms with van der Waals surface area (Å²) in [6, 6.07) is 6.71. The standard InChI is InChI=1S/C13H8ClFN2O.H3N/c1-2-7-18-10-5-3-9(4-6-10)12-11(15)8-16-13(14)17-12;/h1,3-6,8H,7H2;1H3.